The molecular weight excluding hydrogens is 352 g/mol. The van der Waals surface area contributed by atoms with Crippen molar-refractivity contribution in [3.63, 3.8) is 0 Å². The molecule has 0 bridgehead atoms. The van der Waals surface area contributed by atoms with Crippen molar-refractivity contribution in [1.82, 2.24) is 10.3 Å². The van der Waals surface area contributed by atoms with E-state index in [0.29, 0.717) is 23.9 Å². The van der Waals surface area contributed by atoms with Gasteiger partial charge < -0.3 is 15.2 Å². The SMILES string of the molecule is CC(C)(C)c1ccccc1OCCNC(=O)Cc1nc(CC(=O)O)cs1. The predicted molar refractivity (Wildman–Crippen MR) is 101 cm³/mol. The molecule has 26 heavy (non-hydrogen) atoms. The van der Waals surface area contributed by atoms with E-state index in [9.17, 15) is 9.59 Å². The minimum Gasteiger partial charge on any atom is -0.491 e. The number of nitrogens with zero attached hydrogens (tertiary/aromatic N) is 1. The number of carbonyl (C=O) groups is 2. The zero-order valence-corrected chi connectivity index (χ0v) is 16.1. The van der Waals surface area contributed by atoms with Crippen molar-refractivity contribution in [2.75, 3.05) is 13.2 Å². The van der Waals surface area contributed by atoms with Gasteiger partial charge in [-0.1, -0.05) is 39.0 Å². The zero-order chi connectivity index (χ0) is 19.2. The number of para-hydroxylation sites is 1. The van der Waals surface area contributed by atoms with Gasteiger partial charge in [-0.05, 0) is 17.0 Å². The molecule has 1 aromatic carbocycles. The van der Waals surface area contributed by atoms with Gasteiger partial charge in [-0.2, -0.15) is 0 Å². The van der Waals surface area contributed by atoms with Crippen LogP contribution < -0.4 is 10.1 Å². The van der Waals surface area contributed by atoms with Crippen molar-refractivity contribution in [2.24, 2.45) is 0 Å². The van der Waals surface area contributed by atoms with Gasteiger partial charge in [0, 0.05) is 5.38 Å². The van der Waals surface area contributed by atoms with E-state index in [-0.39, 0.29) is 24.2 Å². The monoisotopic (exact) mass is 376 g/mol. The Morgan fingerprint density at radius 3 is 2.65 bits per heavy atom. The molecule has 0 atom stereocenters. The summed E-state index contributed by atoms with van der Waals surface area (Å²) in [5.74, 6) is -0.264. The number of carbonyl (C=O) groups excluding carboxylic acids is 1. The van der Waals surface area contributed by atoms with E-state index in [1.807, 2.05) is 24.3 Å². The number of hydrogen-bond acceptors (Lipinski definition) is 5. The van der Waals surface area contributed by atoms with Crippen LogP contribution in [0.5, 0.6) is 5.75 Å². The number of aromatic nitrogens is 1. The van der Waals surface area contributed by atoms with Gasteiger partial charge in [-0.15, -0.1) is 11.3 Å². The lowest BCUT2D eigenvalue weighted by Gasteiger charge is -2.22. The molecule has 0 aliphatic heterocycles. The third-order valence-electron chi connectivity index (χ3n) is 3.62. The molecule has 0 aliphatic carbocycles. The summed E-state index contributed by atoms with van der Waals surface area (Å²) in [5.41, 5.74) is 1.59. The minimum absolute atomic E-state index is 0.0155. The van der Waals surface area contributed by atoms with Crippen LogP contribution in [0.25, 0.3) is 0 Å². The van der Waals surface area contributed by atoms with Crippen LogP contribution in [0.3, 0.4) is 0 Å². The first kappa shape index (κ1) is 19.9. The van der Waals surface area contributed by atoms with E-state index in [0.717, 1.165) is 11.3 Å². The average molecular weight is 376 g/mol. The van der Waals surface area contributed by atoms with E-state index in [2.05, 4.69) is 31.1 Å². The van der Waals surface area contributed by atoms with Crippen LogP contribution in [0.1, 0.15) is 37.0 Å². The number of rotatable bonds is 8. The highest BCUT2D eigenvalue weighted by Crippen LogP contribution is 2.30. The highest BCUT2D eigenvalue weighted by molar-refractivity contribution is 7.09. The van der Waals surface area contributed by atoms with Crippen molar-refractivity contribution >= 4 is 23.2 Å². The normalized spacial score (nSPS) is 11.2. The standard InChI is InChI=1S/C19H24N2O4S/c1-19(2,3)14-6-4-5-7-15(14)25-9-8-20-16(22)11-17-21-13(12-26-17)10-18(23)24/h4-7,12H,8-11H2,1-3H3,(H,20,22)(H,23,24). The summed E-state index contributed by atoms with van der Waals surface area (Å²) < 4.78 is 5.82. The van der Waals surface area contributed by atoms with E-state index in [1.165, 1.54) is 11.3 Å². The molecule has 6 nitrogen and oxygen atoms in total. The minimum atomic E-state index is -0.931. The molecule has 2 rings (SSSR count). The smallest absolute Gasteiger partial charge is 0.309 e. The van der Waals surface area contributed by atoms with Crippen molar-refractivity contribution in [1.29, 1.82) is 0 Å². The maximum absolute atomic E-state index is 12.0. The van der Waals surface area contributed by atoms with E-state index in [1.54, 1.807) is 5.38 Å². The molecule has 1 amide bonds. The van der Waals surface area contributed by atoms with Crippen molar-refractivity contribution in [2.45, 2.75) is 39.0 Å². The first-order valence-corrected chi connectivity index (χ1v) is 9.28. The maximum atomic E-state index is 12.0. The summed E-state index contributed by atoms with van der Waals surface area (Å²) in [6.45, 7) is 7.16. The molecule has 2 aromatic rings. The molecule has 2 N–H and O–H groups in total. The summed E-state index contributed by atoms with van der Waals surface area (Å²) in [6, 6.07) is 7.90. The maximum Gasteiger partial charge on any atom is 0.309 e. The first-order chi connectivity index (χ1) is 12.3. The third kappa shape index (κ3) is 6.15. The van der Waals surface area contributed by atoms with Gasteiger partial charge >= 0.3 is 5.97 Å². The molecule has 0 radical (unpaired) electrons. The largest absolute Gasteiger partial charge is 0.491 e. The van der Waals surface area contributed by atoms with Crippen LogP contribution in [0.2, 0.25) is 0 Å². The number of ether oxygens (including phenoxy) is 1. The summed E-state index contributed by atoms with van der Waals surface area (Å²) in [6.07, 6.45) is 0.0159. The number of aliphatic carboxylic acids is 1. The summed E-state index contributed by atoms with van der Waals surface area (Å²) in [7, 11) is 0. The molecule has 7 heteroatoms. The summed E-state index contributed by atoms with van der Waals surface area (Å²) in [4.78, 5) is 26.8. The number of amides is 1. The third-order valence-corrected chi connectivity index (χ3v) is 4.52. The van der Waals surface area contributed by atoms with Crippen LogP contribution in [0.4, 0.5) is 0 Å². The Morgan fingerprint density at radius 2 is 1.96 bits per heavy atom. The van der Waals surface area contributed by atoms with Gasteiger partial charge in [-0.3, -0.25) is 9.59 Å². The number of hydrogen-bond donors (Lipinski definition) is 2. The van der Waals surface area contributed by atoms with Crippen molar-refractivity contribution in [3.8, 4) is 5.75 Å². The topological polar surface area (TPSA) is 88.5 Å². The molecular formula is C19H24N2O4S. The molecule has 0 saturated carbocycles. The fourth-order valence-corrected chi connectivity index (χ4v) is 3.22. The zero-order valence-electron chi connectivity index (χ0n) is 15.2. The van der Waals surface area contributed by atoms with Gasteiger partial charge in [0.25, 0.3) is 0 Å². The Labute approximate surface area is 157 Å². The van der Waals surface area contributed by atoms with E-state index >= 15 is 0 Å². The lowest BCUT2D eigenvalue weighted by Crippen LogP contribution is -2.29. The number of benzene rings is 1. The number of thiazole rings is 1. The van der Waals surface area contributed by atoms with Crippen LogP contribution in [0.15, 0.2) is 29.6 Å². The first-order valence-electron chi connectivity index (χ1n) is 8.40. The highest BCUT2D eigenvalue weighted by atomic mass is 32.1. The number of nitrogens with one attached hydrogen (secondary N) is 1. The number of carboxylic acid groups (broad SMARTS) is 1. The summed E-state index contributed by atoms with van der Waals surface area (Å²) >= 11 is 1.29. The van der Waals surface area contributed by atoms with Gasteiger partial charge in [0.15, 0.2) is 0 Å². The molecule has 1 heterocycles. The Hall–Kier alpha value is -2.41. The average Bonchev–Trinajstić information content (AvgIpc) is 2.97. The van der Waals surface area contributed by atoms with Gasteiger partial charge in [0.05, 0.1) is 25.1 Å². The van der Waals surface area contributed by atoms with Gasteiger partial charge in [0.1, 0.15) is 17.4 Å². The van der Waals surface area contributed by atoms with Gasteiger partial charge in [-0.25, -0.2) is 4.98 Å². The van der Waals surface area contributed by atoms with Crippen molar-refractivity contribution < 1.29 is 19.4 Å². The van der Waals surface area contributed by atoms with Crippen molar-refractivity contribution in [3.05, 3.63) is 45.9 Å². The predicted octanol–water partition coefficient (Wildman–Crippen LogP) is 2.81. The molecule has 0 unspecified atom stereocenters. The highest BCUT2D eigenvalue weighted by Gasteiger charge is 2.18. The molecule has 0 saturated heterocycles. The van der Waals surface area contributed by atoms with Crippen LogP contribution in [-0.4, -0.2) is 35.1 Å². The van der Waals surface area contributed by atoms with Crippen LogP contribution in [0, 0.1) is 0 Å². The second kappa shape index (κ2) is 8.80. The molecule has 1 aromatic heterocycles. The second-order valence-electron chi connectivity index (χ2n) is 6.92. The van der Waals surface area contributed by atoms with Crippen LogP contribution >= 0.6 is 11.3 Å². The van der Waals surface area contributed by atoms with E-state index < -0.39 is 5.97 Å². The molecule has 0 fully saturated rings. The molecule has 0 spiro atoms. The summed E-state index contributed by atoms with van der Waals surface area (Å²) in [5, 5.41) is 13.8. The Kier molecular flexibility index (Phi) is 6.74. The van der Waals surface area contributed by atoms with Gasteiger partial charge in [0.2, 0.25) is 5.91 Å². The Balaban J connectivity index is 1.77. The molecule has 140 valence electrons. The van der Waals surface area contributed by atoms with E-state index in [4.69, 9.17) is 9.84 Å². The lowest BCUT2D eigenvalue weighted by atomic mass is 9.86. The number of carboxylic acids is 1. The quantitative estimate of drug-likeness (QED) is 0.692. The second-order valence-corrected chi connectivity index (χ2v) is 7.87. The molecule has 0 aliphatic rings. The Morgan fingerprint density at radius 1 is 1.23 bits per heavy atom. The Bertz CT molecular complexity index is 765. The van der Waals surface area contributed by atoms with Crippen LogP contribution in [-0.2, 0) is 27.8 Å². The fraction of sp³-hybridized carbons (Fsp3) is 0.421. The fourth-order valence-electron chi connectivity index (χ4n) is 2.43. The lowest BCUT2D eigenvalue weighted by molar-refractivity contribution is -0.136.